The van der Waals surface area contributed by atoms with Crippen LogP contribution in [0.2, 0.25) is 5.02 Å². The zero-order valence-electron chi connectivity index (χ0n) is 20.7. The number of ketones is 1. The number of amides is 1. The van der Waals surface area contributed by atoms with Gasteiger partial charge in [-0.2, -0.15) is 0 Å². The molecule has 1 heterocycles. The fourth-order valence-corrected chi connectivity index (χ4v) is 4.75. The molecule has 0 aliphatic carbocycles. The number of Topliss-reactive ketones (excluding diaryl/α,β-unsaturated/α-hetero) is 1. The lowest BCUT2D eigenvalue weighted by Crippen LogP contribution is -2.39. The van der Waals surface area contributed by atoms with Crippen molar-refractivity contribution in [3.05, 3.63) is 58.6 Å². The molecule has 0 atom stereocenters. The standard InChI is InChI=1S/C28H38ClN3O3/c1-35-27-19-25(30)24(29)18-23(27)28(34)31-20-21-13-16-32(17-14-21)15-9-4-2-3-8-12-26(33)22-10-6-5-7-11-22/h5-7,10-11,18-19,21H,2-4,8-9,12-17,20,30H2,1H3,(H,31,34). The number of carbonyl (C=O) groups is 2. The molecular weight excluding hydrogens is 462 g/mol. The maximum Gasteiger partial charge on any atom is 0.255 e. The molecule has 1 saturated heterocycles. The summed E-state index contributed by atoms with van der Waals surface area (Å²) in [7, 11) is 1.52. The number of nitrogen functional groups attached to an aromatic ring is 1. The van der Waals surface area contributed by atoms with Crippen LogP contribution in [0.25, 0.3) is 0 Å². The van der Waals surface area contributed by atoms with Crippen molar-refractivity contribution in [2.24, 2.45) is 5.92 Å². The van der Waals surface area contributed by atoms with Crippen molar-refractivity contribution in [2.75, 3.05) is 39.0 Å². The molecule has 0 aromatic heterocycles. The summed E-state index contributed by atoms with van der Waals surface area (Å²) in [6, 6.07) is 12.7. The van der Waals surface area contributed by atoms with Crippen molar-refractivity contribution >= 4 is 29.0 Å². The molecule has 0 saturated carbocycles. The molecule has 3 rings (SSSR count). The van der Waals surface area contributed by atoms with Crippen LogP contribution in [0.15, 0.2) is 42.5 Å². The molecule has 1 amide bonds. The first-order chi connectivity index (χ1) is 17.0. The summed E-state index contributed by atoms with van der Waals surface area (Å²) < 4.78 is 5.28. The minimum atomic E-state index is -0.184. The van der Waals surface area contributed by atoms with E-state index in [0.717, 1.165) is 50.9 Å². The van der Waals surface area contributed by atoms with Crippen LogP contribution in [0.5, 0.6) is 5.75 Å². The van der Waals surface area contributed by atoms with Crippen LogP contribution in [0.4, 0.5) is 5.69 Å². The Labute approximate surface area is 214 Å². The lowest BCUT2D eigenvalue weighted by Gasteiger charge is -2.32. The molecule has 3 N–H and O–H groups in total. The topological polar surface area (TPSA) is 84.7 Å². The number of methoxy groups -OCH3 is 1. The van der Waals surface area contributed by atoms with E-state index in [2.05, 4.69) is 10.2 Å². The molecular formula is C28H38ClN3O3. The Morgan fingerprint density at radius 2 is 1.74 bits per heavy atom. The first kappa shape index (κ1) is 27.0. The van der Waals surface area contributed by atoms with Crippen LogP contribution >= 0.6 is 11.6 Å². The van der Waals surface area contributed by atoms with Crippen LogP contribution in [-0.2, 0) is 0 Å². The third-order valence-corrected chi connectivity index (χ3v) is 7.12. The number of benzene rings is 2. The van der Waals surface area contributed by atoms with Gasteiger partial charge in [0.15, 0.2) is 5.78 Å². The van der Waals surface area contributed by atoms with Gasteiger partial charge >= 0.3 is 0 Å². The molecule has 2 aromatic carbocycles. The highest BCUT2D eigenvalue weighted by molar-refractivity contribution is 6.33. The zero-order chi connectivity index (χ0) is 25.0. The quantitative estimate of drug-likeness (QED) is 0.213. The molecule has 1 aliphatic rings. The number of nitrogens with zero attached hydrogens (tertiary/aromatic N) is 1. The molecule has 1 fully saturated rings. The Hall–Kier alpha value is -2.57. The maximum absolute atomic E-state index is 12.6. The van der Waals surface area contributed by atoms with Gasteiger partial charge in [-0.25, -0.2) is 0 Å². The van der Waals surface area contributed by atoms with Gasteiger partial charge < -0.3 is 20.7 Å². The van der Waals surface area contributed by atoms with E-state index in [-0.39, 0.29) is 11.7 Å². The van der Waals surface area contributed by atoms with E-state index in [0.29, 0.717) is 40.9 Å². The smallest absolute Gasteiger partial charge is 0.255 e. The third kappa shape index (κ3) is 8.55. The summed E-state index contributed by atoms with van der Waals surface area (Å²) in [6.45, 7) is 3.93. The summed E-state index contributed by atoms with van der Waals surface area (Å²) in [5.74, 6) is 0.979. The van der Waals surface area contributed by atoms with Gasteiger partial charge in [-0.3, -0.25) is 9.59 Å². The summed E-state index contributed by atoms with van der Waals surface area (Å²) in [6.07, 6.45) is 8.50. The van der Waals surface area contributed by atoms with Crippen molar-refractivity contribution in [3.8, 4) is 5.75 Å². The van der Waals surface area contributed by atoms with Gasteiger partial charge in [0, 0.05) is 24.6 Å². The van der Waals surface area contributed by atoms with Gasteiger partial charge in [-0.05, 0) is 57.3 Å². The number of nitrogens with two attached hydrogens (primary N) is 1. The largest absolute Gasteiger partial charge is 0.496 e. The van der Waals surface area contributed by atoms with E-state index in [1.807, 2.05) is 30.3 Å². The Morgan fingerprint density at radius 1 is 1.06 bits per heavy atom. The number of ether oxygens (including phenoxy) is 1. The summed E-state index contributed by atoms with van der Waals surface area (Å²) >= 11 is 6.08. The number of piperidine rings is 1. The molecule has 0 spiro atoms. The number of anilines is 1. The van der Waals surface area contributed by atoms with Gasteiger partial charge in [-0.15, -0.1) is 0 Å². The number of unbranched alkanes of at least 4 members (excludes halogenated alkanes) is 4. The van der Waals surface area contributed by atoms with Crippen LogP contribution < -0.4 is 15.8 Å². The Morgan fingerprint density at radius 3 is 2.46 bits per heavy atom. The van der Waals surface area contributed by atoms with Gasteiger partial charge in [0.25, 0.3) is 5.91 Å². The van der Waals surface area contributed by atoms with E-state index in [1.165, 1.54) is 26.4 Å². The van der Waals surface area contributed by atoms with Crippen molar-refractivity contribution < 1.29 is 14.3 Å². The highest BCUT2D eigenvalue weighted by Crippen LogP contribution is 2.29. The third-order valence-electron chi connectivity index (χ3n) is 6.80. The number of halogens is 1. The predicted octanol–water partition coefficient (Wildman–Crippen LogP) is 5.60. The van der Waals surface area contributed by atoms with E-state index >= 15 is 0 Å². The van der Waals surface area contributed by atoms with Gasteiger partial charge in [-0.1, -0.05) is 61.2 Å². The van der Waals surface area contributed by atoms with Crippen molar-refractivity contribution in [3.63, 3.8) is 0 Å². The minimum Gasteiger partial charge on any atom is -0.496 e. The fourth-order valence-electron chi connectivity index (χ4n) is 4.58. The highest BCUT2D eigenvalue weighted by Gasteiger charge is 2.21. The van der Waals surface area contributed by atoms with E-state index < -0.39 is 0 Å². The molecule has 2 aromatic rings. The van der Waals surface area contributed by atoms with Crippen LogP contribution in [0, 0.1) is 5.92 Å². The first-order valence-electron chi connectivity index (χ1n) is 12.7. The second-order valence-corrected chi connectivity index (χ2v) is 9.78. The fraction of sp³-hybridized carbons (Fsp3) is 0.500. The number of likely N-dealkylation sites (tertiary alicyclic amines) is 1. The molecule has 0 bridgehead atoms. The lowest BCUT2D eigenvalue weighted by molar-refractivity contribution is 0.0932. The molecule has 7 heteroatoms. The molecule has 6 nitrogen and oxygen atoms in total. The SMILES string of the molecule is COc1cc(N)c(Cl)cc1C(=O)NCC1CCN(CCCCCCCC(=O)c2ccccc2)CC1. The Balaban J connectivity index is 1.25. The number of hydrogen-bond acceptors (Lipinski definition) is 5. The molecule has 0 radical (unpaired) electrons. The average Bonchev–Trinajstić information content (AvgIpc) is 2.89. The van der Waals surface area contributed by atoms with Crippen LogP contribution in [0.3, 0.4) is 0 Å². The second kappa shape index (κ2) is 14.1. The second-order valence-electron chi connectivity index (χ2n) is 9.38. The minimum absolute atomic E-state index is 0.184. The van der Waals surface area contributed by atoms with E-state index in [9.17, 15) is 9.59 Å². The number of rotatable bonds is 13. The van der Waals surface area contributed by atoms with Gasteiger partial charge in [0.05, 0.1) is 23.4 Å². The predicted molar refractivity (Wildman–Crippen MR) is 142 cm³/mol. The maximum atomic E-state index is 12.6. The highest BCUT2D eigenvalue weighted by atomic mass is 35.5. The normalized spacial score (nSPS) is 14.6. The van der Waals surface area contributed by atoms with Crippen molar-refractivity contribution in [2.45, 2.75) is 51.4 Å². The zero-order valence-corrected chi connectivity index (χ0v) is 21.5. The van der Waals surface area contributed by atoms with Crippen molar-refractivity contribution in [1.82, 2.24) is 10.2 Å². The van der Waals surface area contributed by atoms with E-state index in [1.54, 1.807) is 12.1 Å². The Bertz CT molecular complexity index is 959. The van der Waals surface area contributed by atoms with Gasteiger partial charge in [0.2, 0.25) is 0 Å². The van der Waals surface area contributed by atoms with Gasteiger partial charge in [0.1, 0.15) is 5.75 Å². The lowest BCUT2D eigenvalue weighted by atomic mass is 9.96. The number of carbonyl (C=O) groups excluding carboxylic acids is 2. The monoisotopic (exact) mass is 499 g/mol. The summed E-state index contributed by atoms with van der Waals surface area (Å²) in [5, 5.41) is 3.39. The number of nitrogens with one attached hydrogen (secondary N) is 1. The van der Waals surface area contributed by atoms with Crippen molar-refractivity contribution in [1.29, 1.82) is 0 Å². The van der Waals surface area contributed by atoms with Crippen LogP contribution in [0.1, 0.15) is 72.1 Å². The molecule has 190 valence electrons. The van der Waals surface area contributed by atoms with Crippen LogP contribution in [-0.4, -0.2) is 49.9 Å². The molecule has 1 aliphatic heterocycles. The first-order valence-corrected chi connectivity index (χ1v) is 13.1. The molecule has 35 heavy (non-hydrogen) atoms. The number of hydrogen-bond donors (Lipinski definition) is 2. The molecule has 0 unspecified atom stereocenters. The summed E-state index contributed by atoms with van der Waals surface area (Å²) in [5.41, 5.74) is 7.43. The average molecular weight is 500 g/mol. The summed E-state index contributed by atoms with van der Waals surface area (Å²) in [4.78, 5) is 27.3. The van der Waals surface area contributed by atoms with E-state index in [4.69, 9.17) is 22.1 Å². The Kier molecular flexibility index (Phi) is 10.9.